The second kappa shape index (κ2) is 6.23. The smallest absolute Gasteiger partial charge is 0.135 e. The molecule has 22 heavy (non-hydrogen) atoms. The quantitative estimate of drug-likeness (QED) is 0.663. The second-order valence-electron chi connectivity index (χ2n) is 4.64. The number of rotatable bonds is 4. The van der Waals surface area contributed by atoms with Crippen molar-refractivity contribution in [2.24, 2.45) is 0 Å². The number of pyridine rings is 1. The first-order chi connectivity index (χ1) is 10.7. The molecular formula is C17H13F2NOS. The number of thiophene rings is 1. The molecule has 0 aliphatic rings. The number of hydrogen-bond acceptors (Lipinski definition) is 3. The van der Waals surface area contributed by atoms with E-state index >= 15 is 0 Å². The first kappa shape index (κ1) is 14.7. The number of hydrogen-bond donors (Lipinski definition) is 0. The van der Waals surface area contributed by atoms with E-state index in [-0.39, 0.29) is 5.56 Å². The molecule has 0 saturated heterocycles. The number of benzene rings is 1. The van der Waals surface area contributed by atoms with Crippen molar-refractivity contribution in [2.75, 3.05) is 6.61 Å². The summed E-state index contributed by atoms with van der Waals surface area (Å²) in [4.78, 5) is 4.48. The van der Waals surface area contributed by atoms with Crippen LogP contribution in [-0.2, 0) is 0 Å². The first-order valence-corrected chi connectivity index (χ1v) is 7.74. The molecule has 2 nitrogen and oxygen atoms in total. The molecule has 0 aliphatic heterocycles. The molecule has 2 aromatic heterocycles. The van der Waals surface area contributed by atoms with E-state index in [1.807, 2.05) is 29.8 Å². The van der Waals surface area contributed by atoms with Crippen LogP contribution in [0.5, 0.6) is 5.75 Å². The normalized spacial score (nSPS) is 10.7. The van der Waals surface area contributed by atoms with Gasteiger partial charge < -0.3 is 4.74 Å². The van der Waals surface area contributed by atoms with E-state index in [1.165, 1.54) is 12.1 Å². The van der Waals surface area contributed by atoms with Crippen LogP contribution < -0.4 is 4.74 Å². The van der Waals surface area contributed by atoms with Gasteiger partial charge in [-0.15, -0.1) is 0 Å². The molecule has 0 saturated carbocycles. The molecule has 2 heterocycles. The molecule has 0 bridgehead atoms. The van der Waals surface area contributed by atoms with Gasteiger partial charge in [-0.05, 0) is 30.5 Å². The summed E-state index contributed by atoms with van der Waals surface area (Å²) in [7, 11) is 0. The van der Waals surface area contributed by atoms with E-state index in [9.17, 15) is 8.78 Å². The van der Waals surface area contributed by atoms with Crippen LogP contribution in [0.4, 0.5) is 8.78 Å². The topological polar surface area (TPSA) is 22.1 Å². The molecule has 0 radical (unpaired) electrons. The van der Waals surface area contributed by atoms with E-state index in [4.69, 9.17) is 4.74 Å². The molecule has 3 rings (SSSR count). The SMILES string of the molecule is CCOc1cc(-c2ccsc2)nc(-c2ccc(F)cc2F)c1. The second-order valence-corrected chi connectivity index (χ2v) is 5.42. The van der Waals surface area contributed by atoms with Crippen molar-refractivity contribution in [3.63, 3.8) is 0 Å². The highest BCUT2D eigenvalue weighted by Gasteiger charge is 2.12. The van der Waals surface area contributed by atoms with Crippen molar-refractivity contribution in [3.8, 4) is 28.3 Å². The van der Waals surface area contributed by atoms with Crippen LogP contribution in [0.3, 0.4) is 0 Å². The Labute approximate surface area is 131 Å². The summed E-state index contributed by atoms with van der Waals surface area (Å²) in [5.74, 6) is -0.643. The molecule has 112 valence electrons. The molecule has 0 spiro atoms. The van der Waals surface area contributed by atoms with Crippen molar-refractivity contribution in [1.29, 1.82) is 0 Å². The average Bonchev–Trinajstić information content (AvgIpc) is 3.01. The lowest BCUT2D eigenvalue weighted by molar-refractivity contribution is 0.340. The van der Waals surface area contributed by atoms with Crippen LogP contribution in [0.1, 0.15) is 6.92 Å². The van der Waals surface area contributed by atoms with E-state index in [2.05, 4.69) is 4.98 Å². The highest BCUT2D eigenvalue weighted by Crippen LogP contribution is 2.30. The Morgan fingerprint density at radius 1 is 1.09 bits per heavy atom. The largest absolute Gasteiger partial charge is 0.494 e. The van der Waals surface area contributed by atoms with Gasteiger partial charge in [-0.1, -0.05) is 0 Å². The monoisotopic (exact) mass is 317 g/mol. The van der Waals surface area contributed by atoms with Gasteiger partial charge in [0.2, 0.25) is 0 Å². The Morgan fingerprint density at radius 3 is 2.59 bits per heavy atom. The Hall–Kier alpha value is -2.27. The average molecular weight is 317 g/mol. The van der Waals surface area contributed by atoms with Gasteiger partial charge in [0.05, 0.1) is 18.0 Å². The summed E-state index contributed by atoms with van der Waals surface area (Å²) in [5, 5.41) is 3.91. The van der Waals surface area contributed by atoms with Gasteiger partial charge in [-0.25, -0.2) is 13.8 Å². The van der Waals surface area contributed by atoms with Gasteiger partial charge in [-0.3, -0.25) is 0 Å². The minimum Gasteiger partial charge on any atom is -0.494 e. The highest BCUT2D eigenvalue weighted by atomic mass is 32.1. The molecule has 0 fully saturated rings. The van der Waals surface area contributed by atoms with Crippen molar-refractivity contribution in [3.05, 3.63) is 58.8 Å². The predicted molar refractivity (Wildman–Crippen MR) is 84.1 cm³/mol. The summed E-state index contributed by atoms with van der Waals surface area (Å²) in [6, 6.07) is 8.88. The van der Waals surface area contributed by atoms with E-state index < -0.39 is 11.6 Å². The molecule has 0 aliphatic carbocycles. The highest BCUT2D eigenvalue weighted by molar-refractivity contribution is 7.08. The fourth-order valence-corrected chi connectivity index (χ4v) is 2.80. The maximum Gasteiger partial charge on any atom is 0.135 e. The van der Waals surface area contributed by atoms with Crippen molar-refractivity contribution >= 4 is 11.3 Å². The van der Waals surface area contributed by atoms with E-state index in [0.717, 1.165) is 11.6 Å². The van der Waals surface area contributed by atoms with Crippen LogP contribution in [0, 0.1) is 11.6 Å². The third-order valence-electron chi connectivity index (χ3n) is 3.13. The van der Waals surface area contributed by atoms with Crippen LogP contribution in [0.15, 0.2) is 47.2 Å². The molecule has 0 atom stereocenters. The molecule has 5 heteroatoms. The van der Waals surface area contributed by atoms with Gasteiger partial charge in [0.25, 0.3) is 0 Å². The van der Waals surface area contributed by atoms with Crippen LogP contribution in [0.25, 0.3) is 22.5 Å². The fraction of sp³-hybridized carbons (Fsp3) is 0.118. The Bertz CT molecular complexity index is 787. The minimum absolute atomic E-state index is 0.249. The lowest BCUT2D eigenvalue weighted by Gasteiger charge is -2.10. The van der Waals surface area contributed by atoms with Crippen LogP contribution >= 0.6 is 11.3 Å². The maximum atomic E-state index is 14.0. The van der Waals surface area contributed by atoms with Crippen LogP contribution in [-0.4, -0.2) is 11.6 Å². The summed E-state index contributed by atoms with van der Waals surface area (Å²) in [6.45, 7) is 2.38. The van der Waals surface area contributed by atoms with Crippen LogP contribution in [0.2, 0.25) is 0 Å². The van der Waals surface area contributed by atoms with E-state index in [1.54, 1.807) is 17.4 Å². The lowest BCUT2D eigenvalue weighted by Crippen LogP contribution is -1.96. The Balaban J connectivity index is 2.14. The fourth-order valence-electron chi connectivity index (χ4n) is 2.15. The first-order valence-electron chi connectivity index (χ1n) is 6.80. The lowest BCUT2D eigenvalue weighted by atomic mass is 10.1. The Kier molecular flexibility index (Phi) is 4.15. The molecule has 0 amide bonds. The molecule has 0 N–H and O–H groups in total. The summed E-state index contributed by atoms with van der Waals surface area (Å²) in [6.07, 6.45) is 0. The van der Waals surface area contributed by atoms with Crippen molar-refractivity contribution in [1.82, 2.24) is 4.98 Å². The zero-order valence-electron chi connectivity index (χ0n) is 11.8. The summed E-state index contributed by atoms with van der Waals surface area (Å²) >= 11 is 1.56. The van der Waals surface area contributed by atoms with Gasteiger partial charge in [0.1, 0.15) is 17.4 Å². The predicted octanol–water partition coefficient (Wildman–Crippen LogP) is 5.15. The molecular weight excluding hydrogens is 304 g/mol. The van der Waals surface area contributed by atoms with Gasteiger partial charge in [-0.2, -0.15) is 11.3 Å². The molecule has 0 unspecified atom stereocenters. The number of ether oxygens (including phenoxy) is 1. The zero-order valence-corrected chi connectivity index (χ0v) is 12.7. The number of halogens is 2. The van der Waals surface area contributed by atoms with Crippen molar-refractivity contribution in [2.45, 2.75) is 6.92 Å². The third-order valence-corrected chi connectivity index (χ3v) is 3.82. The molecule has 1 aromatic carbocycles. The minimum atomic E-state index is -0.641. The standard InChI is InChI=1S/C17H13F2NOS/c1-2-21-13-8-16(11-5-6-22-10-11)20-17(9-13)14-4-3-12(18)7-15(14)19/h3-10H,2H2,1H3. The Morgan fingerprint density at radius 2 is 1.91 bits per heavy atom. The summed E-state index contributed by atoms with van der Waals surface area (Å²) in [5.41, 5.74) is 2.31. The van der Waals surface area contributed by atoms with Crippen molar-refractivity contribution < 1.29 is 13.5 Å². The maximum absolute atomic E-state index is 14.0. The zero-order chi connectivity index (χ0) is 15.5. The van der Waals surface area contributed by atoms with E-state index in [0.29, 0.717) is 23.7 Å². The third kappa shape index (κ3) is 2.99. The number of nitrogens with zero attached hydrogens (tertiary/aromatic N) is 1. The van der Waals surface area contributed by atoms with Gasteiger partial charge in [0.15, 0.2) is 0 Å². The number of aromatic nitrogens is 1. The van der Waals surface area contributed by atoms with Gasteiger partial charge >= 0.3 is 0 Å². The molecule has 3 aromatic rings. The summed E-state index contributed by atoms with van der Waals surface area (Å²) < 4.78 is 32.6. The van der Waals surface area contributed by atoms with Gasteiger partial charge in [0, 0.05) is 34.7 Å².